The van der Waals surface area contributed by atoms with E-state index in [-0.39, 0.29) is 23.7 Å². The van der Waals surface area contributed by atoms with Gasteiger partial charge in [0, 0.05) is 36.3 Å². The van der Waals surface area contributed by atoms with Crippen LogP contribution in [0.4, 0.5) is 5.95 Å². The van der Waals surface area contributed by atoms with Gasteiger partial charge in [0.1, 0.15) is 11.3 Å². The summed E-state index contributed by atoms with van der Waals surface area (Å²) < 4.78 is 5.27. The number of nitrogens with two attached hydrogens (primary N) is 1. The first-order valence-corrected chi connectivity index (χ1v) is 11.7. The Morgan fingerprint density at radius 1 is 1.11 bits per heavy atom. The van der Waals surface area contributed by atoms with Gasteiger partial charge >= 0.3 is 0 Å². The van der Waals surface area contributed by atoms with Crippen LogP contribution in [0.2, 0.25) is 0 Å². The van der Waals surface area contributed by atoms with Crippen LogP contribution in [-0.2, 0) is 4.79 Å². The van der Waals surface area contributed by atoms with Crippen molar-refractivity contribution in [3.63, 3.8) is 0 Å². The molecule has 182 valence electrons. The number of hydrogen-bond donors (Lipinski definition) is 2. The second kappa shape index (κ2) is 10.1. The van der Waals surface area contributed by atoms with E-state index in [1.165, 1.54) is 0 Å². The van der Waals surface area contributed by atoms with Gasteiger partial charge in [-0.3, -0.25) is 9.59 Å². The smallest absolute Gasteiger partial charge is 0.252 e. The summed E-state index contributed by atoms with van der Waals surface area (Å²) >= 11 is 0. The summed E-state index contributed by atoms with van der Waals surface area (Å²) in [7, 11) is 1.63. The third-order valence-corrected chi connectivity index (χ3v) is 6.33. The lowest BCUT2D eigenvalue weighted by molar-refractivity contribution is -0.138. The first-order chi connectivity index (χ1) is 16.8. The SMILES string of the molecule is COc1ccc(-c2cnc(N)nc2[C@@H]2CCCN(C(=O)C(C)(C)NC(=O)c3ccccc3)C2)cc1. The third-order valence-electron chi connectivity index (χ3n) is 6.33. The maximum Gasteiger partial charge on any atom is 0.252 e. The maximum absolute atomic E-state index is 13.5. The normalized spacial score (nSPS) is 16.0. The van der Waals surface area contributed by atoms with E-state index < -0.39 is 5.54 Å². The molecule has 3 aromatic rings. The number of carbonyl (C=O) groups excluding carboxylic acids is 2. The van der Waals surface area contributed by atoms with Crippen molar-refractivity contribution >= 4 is 17.8 Å². The van der Waals surface area contributed by atoms with Crippen molar-refractivity contribution < 1.29 is 14.3 Å². The van der Waals surface area contributed by atoms with Crippen LogP contribution in [0.15, 0.2) is 60.8 Å². The molecular formula is C27H31N5O3. The molecule has 1 aliphatic heterocycles. The summed E-state index contributed by atoms with van der Waals surface area (Å²) in [6, 6.07) is 16.6. The average molecular weight is 474 g/mol. The number of aromatic nitrogens is 2. The molecule has 1 aliphatic rings. The minimum absolute atomic E-state index is 0.00396. The molecule has 4 rings (SSSR count). The molecule has 1 fully saturated rings. The van der Waals surface area contributed by atoms with Crippen molar-refractivity contribution in [2.45, 2.75) is 38.1 Å². The van der Waals surface area contributed by atoms with E-state index in [1.54, 1.807) is 51.4 Å². The van der Waals surface area contributed by atoms with E-state index in [0.29, 0.717) is 18.7 Å². The van der Waals surface area contributed by atoms with Gasteiger partial charge in [-0.05, 0) is 56.5 Å². The number of benzene rings is 2. The first-order valence-electron chi connectivity index (χ1n) is 11.7. The Morgan fingerprint density at radius 3 is 2.51 bits per heavy atom. The Balaban J connectivity index is 1.54. The van der Waals surface area contributed by atoms with Gasteiger partial charge in [-0.1, -0.05) is 30.3 Å². The van der Waals surface area contributed by atoms with Crippen LogP contribution in [-0.4, -0.2) is 52.4 Å². The molecule has 1 saturated heterocycles. The number of methoxy groups -OCH3 is 1. The van der Waals surface area contributed by atoms with E-state index in [9.17, 15) is 9.59 Å². The number of nitrogens with zero attached hydrogens (tertiary/aromatic N) is 3. The molecule has 0 unspecified atom stereocenters. The number of rotatable bonds is 6. The minimum Gasteiger partial charge on any atom is -0.497 e. The molecule has 0 spiro atoms. The monoisotopic (exact) mass is 473 g/mol. The highest BCUT2D eigenvalue weighted by atomic mass is 16.5. The van der Waals surface area contributed by atoms with Gasteiger partial charge in [0.2, 0.25) is 11.9 Å². The van der Waals surface area contributed by atoms with Crippen LogP contribution in [0.5, 0.6) is 5.75 Å². The predicted molar refractivity (Wildman–Crippen MR) is 135 cm³/mol. The predicted octanol–water partition coefficient (Wildman–Crippen LogP) is 3.65. The van der Waals surface area contributed by atoms with Crippen LogP contribution < -0.4 is 15.8 Å². The Morgan fingerprint density at radius 2 is 1.83 bits per heavy atom. The number of nitrogen functional groups attached to an aromatic ring is 1. The van der Waals surface area contributed by atoms with Crippen LogP contribution in [0.3, 0.4) is 0 Å². The molecule has 1 atom stereocenters. The van der Waals surface area contributed by atoms with Gasteiger partial charge in [-0.25, -0.2) is 9.97 Å². The quantitative estimate of drug-likeness (QED) is 0.565. The fraction of sp³-hybridized carbons (Fsp3) is 0.333. The number of nitrogens with one attached hydrogen (secondary N) is 1. The molecule has 0 radical (unpaired) electrons. The number of anilines is 1. The van der Waals surface area contributed by atoms with Gasteiger partial charge in [0.15, 0.2) is 0 Å². The summed E-state index contributed by atoms with van der Waals surface area (Å²) in [5, 5.41) is 2.89. The number of hydrogen-bond acceptors (Lipinski definition) is 6. The van der Waals surface area contributed by atoms with Crippen LogP contribution >= 0.6 is 0 Å². The second-order valence-corrected chi connectivity index (χ2v) is 9.29. The number of likely N-dealkylation sites (tertiary alicyclic amines) is 1. The van der Waals surface area contributed by atoms with E-state index in [2.05, 4.69) is 15.3 Å². The molecule has 8 heteroatoms. The Kier molecular flexibility index (Phi) is 7.00. The molecule has 0 aliphatic carbocycles. The lowest BCUT2D eigenvalue weighted by atomic mass is 9.89. The lowest BCUT2D eigenvalue weighted by Gasteiger charge is -2.38. The summed E-state index contributed by atoms with van der Waals surface area (Å²) in [4.78, 5) is 36.8. The van der Waals surface area contributed by atoms with Crippen molar-refractivity contribution in [3.8, 4) is 16.9 Å². The zero-order valence-electron chi connectivity index (χ0n) is 20.3. The number of ether oxygens (including phenoxy) is 1. The Bertz CT molecular complexity index is 1200. The number of carbonyl (C=O) groups is 2. The fourth-order valence-electron chi connectivity index (χ4n) is 4.49. The first kappa shape index (κ1) is 24.2. The summed E-state index contributed by atoms with van der Waals surface area (Å²) in [6.07, 6.45) is 3.44. The highest BCUT2D eigenvalue weighted by Gasteiger charge is 2.37. The minimum atomic E-state index is -1.06. The second-order valence-electron chi connectivity index (χ2n) is 9.29. The van der Waals surface area contributed by atoms with Gasteiger partial charge in [0.25, 0.3) is 5.91 Å². The van der Waals surface area contributed by atoms with Crippen LogP contribution in [0.1, 0.15) is 48.7 Å². The zero-order chi connectivity index (χ0) is 25.0. The zero-order valence-corrected chi connectivity index (χ0v) is 20.3. The molecule has 0 saturated carbocycles. The molecule has 2 amide bonds. The summed E-state index contributed by atoms with van der Waals surface area (Å²) in [5.41, 5.74) is 8.09. The Hall–Kier alpha value is -3.94. The summed E-state index contributed by atoms with van der Waals surface area (Å²) in [5.74, 6) is 0.565. The van der Waals surface area contributed by atoms with Crippen molar-refractivity contribution in [2.24, 2.45) is 0 Å². The van der Waals surface area contributed by atoms with Crippen molar-refractivity contribution in [3.05, 3.63) is 72.1 Å². The fourth-order valence-corrected chi connectivity index (χ4v) is 4.49. The topological polar surface area (TPSA) is 110 Å². The summed E-state index contributed by atoms with van der Waals surface area (Å²) in [6.45, 7) is 4.60. The Labute approximate surface area is 205 Å². The maximum atomic E-state index is 13.5. The molecule has 35 heavy (non-hydrogen) atoms. The number of amides is 2. The lowest BCUT2D eigenvalue weighted by Crippen LogP contribution is -2.57. The van der Waals surface area contributed by atoms with E-state index >= 15 is 0 Å². The standard InChI is InChI=1S/C27H31N5O3/c1-27(2,31-24(33)19-8-5-4-6-9-19)25(34)32-15-7-10-20(17-32)23-22(16-29-26(28)30-23)18-11-13-21(35-3)14-12-18/h4-6,8-9,11-14,16,20H,7,10,15,17H2,1-3H3,(H,31,33)(H2,28,29,30)/t20-/m1/s1. The van der Waals surface area contributed by atoms with E-state index in [0.717, 1.165) is 35.4 Å². The highest BCUT2D eigenvalue weighted by molar-refractivity contribution is 5.99. The van der Waals surface area contributed by atoms with E-state index in [4.69, 9.17) is 10.5 Å². The van der Waals surface area contributed by atoms with Crippen molar-refractivity contribution in [1.82, 2.24) is 20.2 Å². The molecule has 8 nitrogen and oxygen atoms in total. The van der Waals surface area contributed by atoms with Gasteiger partial charge in [0.05, 0.1) is 12.8 Å². The molecule has 2 heterocycles. The third kappa shape index (κ3) is 5.42. The van der Waals surface area contributed by atoms with Gasteiger partial charge in [-0.2, -0.15) is 0 Å². The molecule has 2 aromatic carbocycles. The van der Waals surface area contributed by atoms with Gasteiger partial charge < -0.3 is 20.7 Å². The van der Waals surface area contributed by atoms with Crippen molar-refractivity contribution in [1.29, 1.82) is 0 Å². The van der Waals surface area contributed by atoms with Crippen LogP contribution in [0, 0.1) is 0 Å². The van der Waals surface area contributed by atoms with E-state index in [1.807, 2.05) is 35.2 Å². The largest absolute Gasteiger partial charge is 0.497 e. The molecule has 3 N–H and O–H groups in total. The molecule has 1 aromatic heterocycles. The number of piperidine rings is 1. The van der Waals surface area contributed by atoms with Crippen molar-refractivity contribution in [2.75, 3.05) is 25.9 Å². The molecule has 0 bridgehead atoms. The highest BCUT2D eigenvalue weighted by Crippen LogP contribution is 2.34. The molecular weight excluding hydrogens is 442 g/mol. The van der Waals surface area contributed by atoms with Gasteiger partial charge in [-0.15, -0.1) is 0 Å². The average Bonchev–Trinajstić information content (AvgIpc) is 2.88. The van der Waals surface area contributed by atoms with Crippen LogP contribution in [0.25, 0.3) is 11.1 Å².